The van der Waals surface area contributed by atoms with E-state index in [9.17, 15) is 29.4 Å². The highest BCUT2D eigenvalue weighted by Crippen LogP contribution is 2.46. The summed E-state index contributed by atoms with van der Waals surface area (Å²) in [7, 11) is 4.61. The van der Waals surface area contributed by atoms with E-state index in [1.54, 1.807) is 57.1 Å². The van der Waals surface area contributed by atoms with Gasteiger partial charge in [0.05, 0.1) is 31.9 Å². The second-order valence-corrected chi connectivity index (χ2v) is 14.9. The summed E-state index contributed by atoms with van der Waals surface area (Å²) >= 11 is 8.26. The number of aliphatic hydroxyl groups excluding tert-OH is 1. The molecule has 3 N–H and O–H groups in total. The number of epoxide rings is 1. The summed E-state index contributed by atoms with van der Waals surface area (Å²) in [6.07, 6.45) is 3.78. The van der Waals surface area contributed by atoms with Gasteiger partial charge in [0.2, 0.25) is 11.8 Å². The average Bonchev–Trinajstić information content (AvgIpc) is 3.79. The van der Waals surface area contributed by atoms with E-state index in [2.05, 4.69) is 5.32 Å². The summed E-state index contributed by atoms with van der Waals surface area (Å²) in [4.78, 5) is 54.1. The molecular weight excluding hydrogens is 702 g/mol. The predicted octanol–water partition coefficient (Wildman–Crippen LogP) is 4.25. The van der Waals surface area contributed by atoms with Gasteiger partial charge >= 0.3 is 12.1 Å². The van der Waals surface area contributed by atoms with Crippen LogP contribution >= 0.6 is 23.4 Å². The fourth-order valence-electron chi connectivity index (χ4n) is 5.86. The molecule has 0 radical (unpaired) electrons. The largest absolute Gasteiger partial charge is 0.495 e. The van der Waals surface area contributed by atoms with E-state index in [1.165, 1.54) is 23.0 Å². The van der Waals surface area contributed by atoms with Crippen molar-refractivity contribution in [3.05, 3.63) is 46.5 Å². The summed E-state index contributed by atoms with van der Waals surface area (Å²) < 4.78 is 22.3. The first-order valence-corrected chi connectivity index (χ1v) is 18.6. The van der Waals surface area contributed by atoms with Gasteiger partial charge in [-0.05, 0) is 57.1 Å². The van der Waals surface area contributed by atoms with E-state index in [1.807, 2.05) is 34.0 Å². The minimum atomic E-state index is -1.83. The second-order valence-electron chi connectivity index (χ2n) is 13.6. The summed E-state index contributed by atoms with van der Waals surface area (Å²) in [5.41, 5.74) is -0.720. The van der Waals surface area contributed by atoms with Crippen molar-refractivity contribution in [3.63, 3.8) is 0 Å². The number of aliphatic hydroxyl groups is 2. The Morgan fingerprint density at radius 3 is 2.49 bits per heavy atom. The Hall–Kier alpha value is -3.30. The van der Waals surface area contributed by atoms with Crippen LogP contribution in [0.1, 0.15) is 59.4 Å². The number of nitrogens with zero attached hydrogens (tertiary/aromatic N) is 2. The van der Waals surface area contributed by atoms with Gasteiger partial charge in [-0.3, -0.25) is 14.9 Å². The van der Waals surface area contributed by atoms with Crippen LogP contribution in [0.3, 0.4) is 0 Å². The number of rotatable bonds is 17. The van der Waals surface area contributed by atoms with Crippen molar-refractivity contribution in [2.24, 2.45) is 5.92 Å². The van der Waals surface area contributed by atoms with Crippen LogP contribution in [0, 0.1) is 5.92 Å². The lowest BCUT2D eigenvalue weighted by molar-refractivity contribution is -0.161. The fraction of sp³-hybridized carbons (Fsp3) is 0.611. The molecule has 284 valence electrons. The Balaban J connectivity index is 1.79. The first-order valence-electron chi connectivity index (χ1n) is 16.8. The number of esters is 1. The molecule has 2 aliphatic rings. The van der Waals surface area contributed by atoms with E-state index >= 15 is 0 Å². The molecule has 0 aromatic heterocycles. The highest BCUT2D eigenvalue weighted by Gasteiger charge is 2.61. The van der Waals surface area contributed by atoms with Gasteiger partial charge in [-0.25, -0.2) is 9.59 Å². The number of hydrogen-bond acceptors (Lipinski definition) is 11. The fourth-order valence-corrected chi connectivity index (χ4v) is 6.55. The SMILES string of the molecule is COc1cc(C/C(C)=C/C=C/[C@@H](O)[C@@]2(O)CCOC(=O)N2)cc(N(C)C(=O)C[C@H](OC(=O)[C@H](C)N(C)C(=O)CCSC)[C@]2(C)O[C@H]2C(C)C)c1Cl. The lowest BCUT2D eigenvalue weighted by atomic mass is 9.91. The predicted molar refractivity (Wildman–Crippen MR) is 196 cm³/mol. The van der Waals surface area contributed by atoms with Crippen molar-refractivity contribution < 1.29 is 48.3 Å². The van der Waals surface area contributed by atoms with Crippen LogP contribution in [0.2, 0.25) is 5.02 Å². The van der Waals surface area contributed by atoms with Crippen molar-refractivity contribution in [1.29, 1.82) is 0 Å². The summed E-state index contributed by atoms with van der Waals surface area (Å²) in [5, 5.41) is 23.5. The molecule has 15 heteroatoms. The number of likely N-dealkylation sites (N-methyl/N-ethyl adjacent to an activating group) is 1. The highest BCUT2D eigenvalue weighted by molar-refractivity contribution is 7.98. The molecule has 0 unspecified atom stereocenters. The molecule has 3 rings (SSSR count). The van der Waals surface area contributed by atoms with Crippen molar-refractivity contribution >= 4 is 52.9 Å². The summed E-state index contributed by atoms with van der Waals surface area (Å²) in [5.74, 6) is -0.107. The molecule has 1 aromatic rings. The van der Waals surface area contributed by atoms with Crippen molar-refractivity contribution in [2.75, 3.05) is 44.7 Å². The van der Waals surface area contributed by atoms with Gasteiger partial charge in [-0.15, -0.1) is 0 Å². The number of anilines is 1. The molecule has 2 aliphatic heterocycles. The molecule has 2 saturated heterocycles. The smallest absolute Gasteiger partial charge is 0.409 e. The Kier molecular flexibility index (Phi) is 14.8. The number of hydrogen-bond donors (Lipinski definition) is 3. The van der Waals surface area contributed by atoms with Gasteiger partial charge < -0.3 is 39.0 Å². The van der Waals surface area contributed by atoms with Gasteiger partial charge in [0, 0.05) is 32.7 Å². The van der Waals surface area contributed by atoms with Crippen LogP contribution in [-0.4, -0.2) is 114 Å². The zero-order valence-electron chi connectivity index (χ0n) is 30.9. The molecule has 1 aromatic carbocycles. The zero-order valence-corrected chi connectivity index (χ0v) is 32.4. The number of amides is 3. The van der Waals surface area contributed by atoms with E-state index in [0.717, 1.165) is 11.1 Å². The van der Waals surface area contributed by atoms with Crippen molar-refractivity contribution in [1.82, 2.24) is 10.2 Å². The number of carbonyl (C=O) groups is 4. The molecular formula is C36H52ClN3O10S. The van der Waals surface area contributed by atoms with Crippen LogP contribution in [0.4, 0.5) is 10.5 Å². The van der Waals surface area contributed by atoms with Crippen molar-refractivity contribution in [2.45, 2.75) is 96.0 Å². The number of methoxy groups -OCH3 is 1. The normalized spacial score (nSPS) is 23.6. The molecule has 2 heterocycles. The van der Waals surface area contributed by atoms with E-state index in [0.29, 0.717) is 23.6 Å². The van der Waals surface area contributed by atoms with Crippen LogP contribution in [0.15, 0.2) is 35.9 Å². The van der Waals surface area contributed by atoms with E-state index < -0.39 is 41.6 Å². The maximum atomic E-state index is 13.9. The molecule has 3 amide bonds. The number of nitrogens with one attached hydrogen (secondary N) is 1. The van der Waals surface area contributed by atoms with Gasteiger partial charge in [-0.2, -0.15) is 11.8 Å². The standard InChI is InChI=1S/C36H52ClN3O10S/c1-21(2)32-35(5,50-32)28(49-33(44)23(4)39(6)29(42)13-16-51-9)20-30(43)40(7)25-18-24(19-26(47-8)31(25)37)17-22(3)11-10-12-27(41)36(46)14-15-48-34(45)38-36/h10-12,18-19,21,23,27-28,32,41,46H,13-17,20H2,1-9H3,(H,38,45)/b12-10+,22-11+/t23-,27+,28-,32-,35-,36-/m0/s1. The number of thioether (sulfide) groups is 1. The maximum absolute atomic E-state index is 13.9. The van der Waals surface area contributed by atoms with Gasteiger partial charge in [-0.1, -0.05) is 49.2 Å². The zero-order chi connectivity index (χ0) is 38.3. The molecule has 0 aliphatic carbocycles. The highest BCUT2D eigenvalue weighted by atomic mass is 35.5. The number of allylic oxidation sites excluding steroid dienone is 3. The third kappa shape index (κ3) is 10.6. The topological polar surface area (TPSA) is 167 Å². The third-order valence-electron chi connectivity index (χ3n) is 9.30. The van der Waals surface area contributed by atoms with Crippen LogP contribution < -0.4 is 15.0 Å². The van der Waals surface area contributed by atoms with Gasteiger partial charge in [0.25, 0.3) is 0 Å². The number of halogens is 1. The Labute approximate surface area is 309 Å². The van der Waals surface area contributed by atoms with Crippen molar-refractivity contribution in [3.8, 4) is 5.75 Å². The molecule has 2 fully saturated rings. The second kappa shape index (κ2) is 18.0. The Bertz CT molecular complexity index is 1510. The molecule has 51 heavy (non-hydrogen) atoms. The number of benzene rings is 1. The Morgan fingerprint density at radius 2 is 1.90 bits per heavy atom. The quantitative estimate of drug-likeness (QED) is 0.118. The lowest BCUT2D eigenvalue weighted by Gasteiger charge is -2.35. The number of cyclic esters (lactones) is 1. The number of ether oxygens (including phenoxy) is 4. The minimum absolute atomic E-state index is 0.0191. The lowest BCUT2D eigenvalue weighted by Crippen LogP contribution is -2.59. The first-order chi connectivity index (χ1) is 23.9. The number of carbonyl (C=O) groups excluding carboxylic acids is 4. The third-order valence-corrected chi connectivity index (χ3v) is 10.3. The minimum Gasteiger partial charge on any atom is -0.495 e. The van der Waals surface area contributed by atoms with Crippen LogP contribution in [-0.2, 0) is 35.0 Å². The maximum Gasteiger partial charge on any atom is 0.409 e. The Morgan fingerprint density at radius 1 is 1.22 bits per heavy atom. The monoisotopic (exact) mass is 753 g/mol. The number of alkyl carbamates (subject to hydrolysis) is 1. The molecule has 13 nitrogen and oxygen atoms in total. The average molecular weight is 754 g/mol. The molecule has 0 saturated carbocycles. The molecule has 6 atom stereocenters. The van der Waals surface area contributed by atoms with Gasteiger partial charge in [0.15, 0.2) is 5.72 Å². The molecule has 0 spiro atoms. The molecule has 0 bridgehead atoms. The first kappa shape index (κ1) is 42.1. The summed E-state index contributed by atoms with van der Waals surface area (Å²) in [6.45, 7) is 9.25. The van der Waals surface area contributed by atoms with E-state index in [4.69, 9.17) is 30.5 Å². The van der Waals surface area contributed by atoms with Crippen LogP contribution in [0.25, 0.3) is 0 Å². The summed E-state index contributed by atoms with van der Waals surface area (Å²) in [6, 6.07) is 2.66. The van der Waals surface area contributed by atoms with Crippen LogP contribution in [0.5, 0.6) is 5.75 Å². The van der Waals surface area contributed by atoms with Gasteiger partial charge in [0.1, 0.15) is 34.6 Å². The van der Waals surface area contributed by atoms with E-state index in [-0.39, 0.29) is 54.7 Å².